The Bertz CT molecular complexity index is 610. The molecule has 1 aromatic rings. The normalized spacial score (nSPS) is 14.5. The summed E-state index contributed by atoms with van der Waals surface area (Å²) in [5, 5.41) is 0. The smallest absolute Gasteiger partial charge is 0.263 e. The van der Waals surface area contributed by atoms with Crippen LogP contribution in [0.15, 0.2) is 12.1 Å². The predicted octanol–water partition coefficient (Wildman–Crippen LogP) is 3.58. The Morgan fingerprint density at radius 3 is 2.36 bits per heavy atom. The fraction of sp³-hybridized carbons (Fsp3) is 0.526. The lowest BCUT2D eigenvalue weighted by Gasteiger charge is -2.26. The average Bonchev–Trinajstić information content (AvgIpc) is 2.65. The van der Waals surface area contributed by atoms with Crippen molar-refractivity contribution in [1.82, 2.24) is 4.31 Å². The summed E-state index contributed by atoms with van der Waals surface area (Å²) in [6.07, 6.45) is 11.3. The minimum absolute atomic E-state index is 0.0837. The minimum Gasteiger partial charge on any atom is -0.493 e. The third kappa shape index (κ3) is 4.99. The van der Waals surface area contributed by atoms with Crippen molar-refractivity contribution in [2.45, 2.75) is 32.1 Å². The summed E-state index contributed by atoms with van der Waals surface area (Å²) in [7, 11) is 3.01. The van der Waals surface area contributed by atoms with Crippen LogP contribution in [-0.2, 0) is 0 Å². The van der Waals surface area contributed by atoms with Crippen LogP contribution in [0.25, 0.3) is 0 Å². The Hall–Kier alpha value is -2.00. The zero-order valence-corrected chi connectivity index (χ0v) is 15.7. The quantitative estimate of drug-likeness (QED) is 0.594. The number of benzene rings is 1. The molecule has 2 rings (SSSR count). The fourth-order valence-electron chi connectivity index (χ4n) is 3.11. The molecule has 1 fully saturated rings. The zero-order valence-electron chi connectivity index (χ0n) is 14.8. The number of carbonyl (C=O) groups excluding carboxylic acids is 1. The Kier molecular flexibility index (Phi) is 7.32. The van der Waals surface area contributed by atoms with Gasteiger partial charge in [0.05, 0.1) is 14.2 Å². The highest BCUT2D eigenvalue weighted by Gasteiger charge is 2.23. The minimum atomic E-state index is -0.186. The zero-order chi connectivity index (χ0) is 18.2. The Morgan fingerprint density at radius 1 is 1.24 bits per heavy atom. The molecule has 1 amide bonds. The van der Waals surface area contributed by atoms with Crippen molar-refractivity contribution in [3.63, 3.8) is 0 Å². The molecule has 0 N–H and O–H groups in total. The highest BCUT2D eigenvalue weighted by molar-refractivity contribution is 7.78. The van der Waals surface area contributed by atoms with Crippen molar-refractivity contribution in [2.24, 2.45) is 5.92 Å². The molecule has 0 saturated heterocycles. The predicted molar refractivity (Wildman–Crippen MR) is 100 cm³/mol. The van der Waals surface area contributed by atoms with Crippen LogP contribution in [0.3, 0.4) is 0 Å². The summed E-state index contributed by atoms with van der Waals surface area (Å²) < 4.78 is 17.6. The maximum Gasteiger partial charge on any atom is 0.263 e. The van der Waals surface area contributed by atoms with E-state index in [1.165, 1.54) is 37.8 Å². The molecule has 0 aromatic heterocycles. The van der Waals surface area contributed by atoms with Gasteiger partial charge < -0.3 is 14.2 Å². The number of thiol groups is 1. The molecule has 1 aromatic carbocycles. The van der Waals surface area contributed by atoms with Crippen LogP contribution in [0.4, 0.5) is 0 Å². The average molecular weight is 363 g/mol. The van der Waals surface area contributed by atoms with Crippen molar-refractivity contribution < 1.29 is 19.0 Å². The van der Waals surface area contributed by atoms with Gasteiger partial charge >= 0.3 is 0 Å². The number of carbonyl (C=O) groups is 1. The molecule has 0 bridgehead atoms. The van der Waals surface area contributed by atoms with E-state index in [4.69, 9.17) is 20.6 Å². The van der Waals surface area contributed by atoms with Crippen LogP contribution in [0.5, 0.6) is 17.2 Å². The molecule has 6 heteroatoms. The van der Waals surface area contributed by atoms with Gasteiger partial charge in [-0.25, -0.2) is 0 Å². The monoisotopic (exact) mass is 363 g/mol. The molecule has 0 unspecified atom stereocenters. The molecular weight excluding hydrogens is 338 g/mol. The molecule has 0 aliphatic heterocycles. The van der Waals surface area contributed by atoms with Crippen molar-refractivity contribution in [1.29, 1.82) is 0 Å². The first-order valence-corrected chi connectivity index (χ1v) is 8.83. The molecule has 5 nitrogen and oxygen atoms in total. The molecule has 1 aliphatic rings. The van der Waals surface area contributed by atoms with E-state index in [-0.39, 0.29) is 12.5 Å². The molecule has 0 atom stereocenters. The van der Waals surface area contributed by atoms with Gasteiger partial charge in [-0.1, -0.05) is 38.0 Å². The largest absolute Gasteiger partial charge is 0.493 e. The standard InChI is InChI=1S/C19H25NO4S/c1-4-10-24-18-16(22-2)11-15(12-17(18)23-3)19(21)20(25)13-14-8-6-5-7-9-14/h1,11-12,14,25H,5-10,13H2,2-3H3. The SMILES string of the molecule is C#CCOc1c(OC)cc(C(=O)N(S)CC2CCCCC2)cc1OC. The van der Waals surface area contributed by atoms with E-state index in [9.17, 15) is 4.79 Å². The summed E-state index contributed by atoms with van der Waals surface area (Å²) in [4.78, 5) is 12.7. The van der Waals surface area contributed by atoms with E-state index < -0.39 is 0 Å². The van der Waals surface area contributed by atoms with E-state index in [0.29, 0.717) is 35.3 Å². The highest BCUT2D eigenvalue weighted by Crippen LogP contribution is 2.39. The van der Waals surface area contributed by atoms with Gasteiger partial charge in [-0.05, 0) is 30.9 Å². The van der Waals surface area contributed by atoms with Crippen molar-refractivity contribution in [3.05, 3.63) is 17.7 Å². The van der Waals surface area contributed by atoms with Crippen LogP contribution in [0, 0.1) is 18.3 Å². The summed E-state index contributed by atoms with van der Waals surface area (Å²) in [5.41, 5.74) is 0.438. The maximum absolute atomic E-state index is 12.7. The number of terminal acetylenes is 1. The summed E-state index contributed by atoms with van der Waals surface area (Å²) >= 11 is 4.40. The lowest BCUT2D eigenvalue weighted by atomic mass is 9.89. The van der Waals surface area contributed by atoms with Gasteiger partial charge in [0, 0.05) is 12.1 Å². The van der Waals surface area contributed by atoms with E-state index in [1.807, 2.05) is 0 Å². The number of hydrogen-bond acceptors (Lipinski definition) is 5. The molecule has 25 heavy (non-hydrogen) atoms. The van der Waals surface area contributed by atoms with E-state index in [1.54, 1.807) is 12.1 Å². The first-order valence-electron chi connectivity index (χ1n) is 8.43. The van der Waals surface area contributed by atoms with E-state index >= 15 is 0 Å². The Balaban J connectivity index is 2.19. The van der Waals surface area contributed by atoms with Gasteiger partial charge in [-0.3, -0.25) is 9.10 Å². The number of ether oxygens (including phenoxy) is 3. The van der Waals surface area contributed by atoms with Crippen molar-refractivity contribution >= 4 is 18.7 Å². The van der Waals surface area contributed by atoms with Crippen LogP contribution >= 0.6 is 12.8 Å². The molecule has 0 radical (unpaired) electrons. The van der Waals surface area contributed by atoms with Gasteiger partial charge in [0.1, 0.15) is 6.61 Å². The third-order valence-electron chi connectivity index (χ3n) is 4.40. The second-order valence-corrected chi connectivity index (χ2v) is 6.58. The lowest BCUT2D eigenvalue weighted by Crippen LogP contribution is -2.28. The maximum atomic E-state index is 12.7. The number of nitrogens with zero attached hydrogens (tertiary/aromatic N) is 1. The van der Waals surface area contributed by atoms with E-state index in [2.05, 4.69) is 18.7 Å². The number of rotatable bonds is 7. The Labute approximate surface area is 155 Å². The molecule has 0 spiro atoms. The van der Waals surface area contributed by atoms with Crippen molar-refractivity contribution in [2.75, 3.05) is 27.4 Å². The van der Waals surface area contributed by atoms with Crippen LogP contribution in [0.2, 0.25) is 0 Å². The number of hydrogen-bond donors (Lipinski definition) is 1. The highest BCUT2D eigenvalue weighted by atomic mass is 32.1. The first-order chi connectivity index (χ1) is 12.1. The van der Waals surface area contributed by atoms with Gasteiger partial charge in [0.2, 0.25) is 5.75 Å². The summed E-state index contributed by atoms with van der Waals surface area (Å²) in [6.45, 7) is 0.725. The first kappa shape index (κ1) is 19.3. The number of methoxy groups -OCH3 is 2. The van der Waals surface area contributed by atoms with Gasteiger partial charge in [0.25, 0.3) is 5.91 Å². The summed E-state index contributed by atoms with van der Waals surface area (Å²) in [5.74, 6) is 3.91. The van der Waals surface area contributed by atoms with Gasteiger partial charge in [-0.2, -0.15) is 0 Å². The van der Waals surface area contributed by atoms with E-state index in [0.717, 1.165) is 12.8 Å². The van der Waals surface area contributed by atoms with Crippen LogP contribution < -0.4 is 14.2 Å². The topological polar surface area (TPSA) is 48.0 Å². The van der Waals surface area contributed by atoms with Crippen LogP contribution in [-0.4, -0.2) is 37.6 Å². The molecule has 1 aliphatic carbocycles. The summed E-state index contributed by atoms with van der Waals surface area (Å²) in [6, 6.07) is 3.25. The second-order valence-electron chi connectivity index (χ2n) is 6.09. The molecular formula is C19H25NO4S. The second kappa shape index (κ2) is 9.47. The van der Waals surface area contributed by atoms with Crippen LogP contribution in [0.1, 0.15) is 42.5 Å². The molecule has 1 saturated carbocycles. The lowest BCUT2D eigenvalue weighted by molar-refractivity contribution is 0.0852. The fourth-order valence-corrected chi connectivity index (χ4v) is 3.45. The van der Waals surface area contributed by atoms with Gasteiger partial charge in [0.15, 0.2) is 11.5 Å². The third-order valence-corrected chi connectivity index (χ3v) is 4.74. The Morgan fingerprint density at radius 2 is 1.84 bits per heavy atom. The van der Waals surface area contributed by atoms with Gasteiger partial charge in [-0.15, -0.1) is 6.42 Å². The number of amides is 1. The molecule has 136 valence electrons. The molecule has 0 heterocycles. The van der Waals surface area contributed by atoms with Crippen molar-refractivity contribution in [3.8, 4) is 29.6 Å².